The van der Waals surface area contributed by atoms with Gasteiger partial charge in [0.1, 0.15) is 11.4 Å². The van der Waals surface area contributed by atoms with Crippen molar-refractivity contribution in [3.8, 4) is 0 Å². The van der Waals surface area contributed by atoms with E-state index in [1.807, 2.05) is 0 Å². The van der Waals surface area contributed by atoms with Crippen LogP contribution in [-0.4, -0.2) is 27.8 Å². The van der Waals surface area contributed by atoms with Gasteiger partial charge < -0.3 is 9.84 Å². The van der Waals surface area contributed by atoms with Crippen LogP contribution in [-0.2, 0) is 4.74 Å². The highest BCUT2D eigenvalue weighted by Gasteiger charge is 2.41. The molecule has 0 saturated carbocycles. The third-order valence-electron chi connectivity index (χ3n) is 4.13. The minimum absolute atomic E-state index is 0.379. The molecule has 4 nitrogen and oxygen atoms in total. The van der Waals surface area contributed by atoms with Crippen LogP contribution in [0.5, 0.6) is 0 Å². The summed E-state index contributed by atoms with van der Waals surface area (Å²) in [5, 5.41) is 11.2. The summed E-state index contributed by atoms with van der Waals surface area (Å²) in [6.45, 7) is 5.32. The SMILES string of the molecule is CC(C)(C)OC(=O)N1C(c2ccc(F)cc2)=C[C@@H](O)[C@@H]1c1ccc(Cl)cc1. The van der Waals surface area contributed by atoms with Gasteiger partial charge in [-0.3, -0.25) is 4.90 Å². The molecule has 3 rings (SSSR count). The largest absolute Gasteiger partial charge is 0.443 e. The Morgan fingerprint density at radius 2 is 1.70 bits per heavy atom. The number of ether oxygens (including phenoxy) is 1. The van der Waals surface area contributed by atoms with E-state index in [0.29, 0.717) is 21.8 Å². The zero-order chi connectivity index (χ0) is 19.8. The lowest BCUT2D eigenvalue weighted by molar-refractivity contribution is 0.0221. The Hall–Kier alpha value is -2.37. The molecule has 0 aromatic heterocycles. The number of hydrogen-bond donors (Lipinski definition) is 1. The lowest BCUT2D eigenvalue weighted by atomic mass is 10.0. The van der Waals surface area contributed by atoms with E-state index in [4.69, 9.17) is 16.3 Å². The molecule has 1 aliphatic rings. The Morgan fingerprint density at radius 1 is 1.11 bits per heavy atom. The summed E-state index contributed by atoms with van der Waals surface area (Å²) in [5.41, 5.74) is 1.09. The normalized spacial score (nSPS) is 19.8. The predicted molar refractivity (Wildman–Crippen MR) is 103 cm³/mol. The Kier molecular flexibility index (Phi) is 5.27. The lowest BCUT2D eigenvalue weighted by Crippen LogP contribution is -2.38. The fourth-order valence-corrected chi connectivity index (χ4v) is 3.15. The monoisotopic (exact) mass is 389 g/mol. The smallest absolute Gasteiger partial charge is 0.415 e. The molecule has 0 spiro atoms. The molecule has 2 aromatic carbocycles. The van der Waals surface area contributed by atoms with Crippen molar-refractivity contribution in [2.45, 2.75) is 38.5 Å². The van der Waals surface area contributed by atoms with Gasteiger partial charge in [-0.05, 0) is 74.4 Å². The summed E-state index contributed by atoms with van der Waals surface area (Å²) < 4.78 is 18.9. The molecular formula is C21H21ClFNO3. The van der Waals surface area contributed by atoms with E-state index in [-0.39, 0.29) is 5.82 Å². The number of aliphatic hydroxyl groups excluding tert-OH is 1. The second kappa shape index (κ2) is 7.33. The molecule has 0 fully saturated rings. The van der Waals surface area contributed by atoms with E-state index in [1.54, 1.807) is 63.2 Å². The molecule has 6 heteroatoms. The van der Waals surface area contributed by atoms with Gasteiger partial charge in [0.05, 0.1) is 17.8 Å². The maximum atomic E-state index is 13.3. The highest BCUT2D eigenvalue weighted by atomic mass is 35.5. The quantitative estimate of drug-likeness (QED) is 0.770. The van der Waals surface area contributed by atoms with Crippen LogP contribution >= 0.6 is 11.6 Å². The molecule has 0 unspecified atom stereocenters. The maximum Gasteiger partial charge on any atom is 0.415 e. The van der Waals surface area contributed by atoms with Gasteiger partial charge in [-0.15, -0.1) is 0 Å². The first kappa shape index (κ1) is 19.4. The highest BCUT2D eigenvalue weighted by molar-refractivity contribution is 6.30. The van der Waals surface area contributed by atoms with E-state index in [9.17, 15) is 14.3 Å². The topological polar surface area (TPSA) is 49.8 Å². The first-order valence-corrected chi connectivity index (χ1v) is 8.97. The predicted octanol–water partition coefficient (Wildman–Crippen LogP) is 5.17. The second-order valence-corrected chi connectivity index (χ2v) is 7.83. The summed E-state index contributed by atoms with van der Waals surface area (Å²) in [5.74, 6) is -0.379. The van der Waals surface area contributed by atoms with Crippen molar-refractivity contribution in [2.24, 2.45) is 0 Å². The number of halogens is 2. The number of rotatable bonds is 2. The Balaban J connectivity index is 2.04. The van der Waals surface area contributed by atoms with Gasteiger partial charge in [0.2, 0.25) is 0 Å². The van der Waals surface area contributed by atoms with Gasteiger partial charge in [0.15, 0.2) is 0 Å². The first-order chi connectivity index (χ1) is 12.7. The van der Waals surface area contributed by atoms with Crippen molar-refractivity contribution >= 4 is 23.4 Å². The van der Waals surface area contributed by atoms with Gasteiger partial charge in [-0.1, -0.05) is 23.7 Å². The molecule has 0 bridgehead atoms. The molecule has 1 aliphatic heterocycles. The van der Waals surface area contributed by atoms with E-state index in [0.717, 1.165) is 0 Å². The van der Waals surface area contributed by atoms with Gasteiger partial charge in [0, 0.05) is 5.02 Å². The van der Waals surface area contributed by atoms with Crippen LogP contribution in [0.1, 0.15) is 37.9 Å². The molecule has 1 amide bonds. The highest BCUT2D eigenvalue weighted by Crippen LogP contribution is 2.40. The van der Waals surface area contributed by atoms with E-state index < -0.39 is 23.8 Å². The zero-order valence-electron chi connectivity index (χ0n) is 15.3. The number of hydrogen-bond acceptors (Lipinski definition) is 3. The number of carbonyl (C=O) groups excluding carboxylic acids is 1. The van der Waals surface area contributed by atoms with Crippen LogP contribution in [0.4, 0.5) is 9.18 Å². The minimum Gasteiger partial charge on any atom is -0.443 e. The maximum absolute atomic E-state index is 13.3. The molecule has 0 saturated heterocycles. The number of aliphatic hydroxyl groups is 1. The molecule has 1 heterocycles. The summed E-state index contributed by atoms with van der Waals surface area (Å²) in [6, 6.07) is 12.0. The van der Waals surface area contributed by atoms with Crippen molar-refractivity contribution in [1.82, 2.24) is 4.90 Å². The average Bonchev–Trinajstić information content (AvgIpc) is 2.92. The van der Waals surface area contributed by atoms with Crippen molar-refractivity contribution in [2.75, 3.05) is 0 Å². The fraction of sp³-hybridized carbons (Fsp3) is 0.286. The molecule has 27 heavy (non-hydrogen) atoms. The van der Waals surface area contributed by atoms with Gasteiger partial charge in [-0.25, -0.2) is 9.18 Å². The Labute approximate surface area is 162 Å². The average molecular weight is 390 g/mol. The van der Waals surface area contributed by atoms with Crippen molar-refractivity contribution < 1.29 is 19.0 Å². The molecule has 142 valence electrons. The third kappa shape index (κ3) is 4.31. The van der Waals surface area contributed by atoms with Crippen LogP contribution in [0.15, 0.2) is 54.6 Å². The van der Waals surface area contributed by atoms with Gasteiger partial charge in [-0.2, -0.15) is 0 Å². The zero-order valence-corrected chi connectivity index (χ0v) is 16.1. The third-order valence-corrected chi connectivity index (χ3v) is 4.38. The summed E-state index contributed by atoms with van der Waals surface area (Å²) in [6.07, 6.45) is 0.0458. The van der Waals surface area contributed by atoms with E-state index in [1.165, 1.54) is 17.0 Å². The fourth-order valence-electron chi connectivity index (χ4n) is 3.02. The molecular weight excluding hydrogens is 369 g/mol. The summed E-state index contributed by atoms with van der Waals surface area (Å²) in [7, 11) is 0. The van der Waals surface area contributed by atoms with Gasteiger partial charge in [0.25, 0.3) is 0 Å². The van der Waals surface area contributed by atoms with Crippen LogP contribution in [0.3, 0.4) is 0 Å². The molecule has 0 radical (unpaired) electrons. The lowest BCUT2D eigenvalue weighted by Gasteiger charge is -2.32. The second-order valence-electron chi connectivity index (χ2n) is 7.40. The Morgan fingerprint density at radius 3 is 2.26 bits per heavy atom. The Bertz CT molecular complexity index is 856. The van der Waals surface area contributed by atoms with Crippen molar-refractivity contribution in [3.63, 3.8) is 0 Å². The van der Waals surface area contributed by atoms with Crippen molar-refractivity contribution in [1.29, 1.82) is 0 Å². The van der Waals surface area contributed by atoms with Crippen LogP contribution in [0, 0.1) is 5.82 Å². The van der Waals surface area contributed by atoms with E-state index >= 15 is 0 Å². The van der Waals surface area contributed by atoms with E-state index in [2.05, 4.69) is 0 Å². The number of nitrogens with zero attached hydrogens (tertiary/aromatic N) is 1. The van der Waals surface area contributed by atoms with Gasteiger partial charge >= 0.3 is 6.09 Å². The standard InChI is InChI=1S/C21H21ClFNO3/c1-21(2,3)27-20(26)24-17(13-6-10-16(23)11-7-13)12-18(25)19(24)14-4-8-15(22)9-5-14/h4-12,18-19,25H,1-3H3/t18-,19+/m1/s1. The number of carbonyl (C=O) groups is 1. The van der Waals surface area contributed by atoms with Crippen LogP contribution in [0.25, 0.3) is 5.70 Å². The van der Waals surface area contributed by atoms with Crippen LogP contribution in [0.2, 0.25) is 5.02 Å². The molecule has 2 aromatic rings. The number of amides is 1. The summed E-state index contributed by atoms with van der Waals surface area (Å²) >= 11 is 5.96. The number of benzene rings is 2. The molecule has 1 N–H and O–H groups in total. The molecule has 0 aliphatic carbocycles. The van der Waals surface area contributed by atoms with Crippen LogP contribution < -0.4 is 0 Å². The first-order valence-electron chi connectivity index (χ1n) is 8.59. The summed E-state index contributed by atoms with van der Waals surface area (Å²) in [4.78, 5) is 14.4. The minimum atomic E-state index is -0.946. The van der Waals surface area contributed by atoms with Crippen molar-refractivity contribution in [3.05, 3.63) is 76.6 Å². The molecule has 2 atom stereocenters.